The summed E-state index contributed by atoms with van der Waals surface area (Å²) in [5, 5.41) is 0. The van der Waals surface area contributed by atoms with E-state index in [-0.39, 0.29) is 12.5 Å². The molecule has 0 saturated carbocycles. The number of carbonyl (C=O) groups is 1. The lowest BCUT2D eigenvalue weighted by Gasteiger charge is -1.97. The van der Waals surface area contributed by atoms with E-state index in [0.717, 1.165) is 0 Å². The van der Waals surface area contributed by atoms with E-state index in [9.17, 15) is 9.36 Å². The fraction of sp³-hybridized carbons (Fsp3) is 0.222. The first-order valence-corrected chi connectivity index (χ1v) is 5.49. The fourth-order valence-corrected chi connectivity index (χ4v) is 1.36. The third kappa shape index (κ3) is 3.81. The molecule has 0 aliphatic carbocycles. The lowest BCUT2D eigenvalue weighted by Crippen LogP contribution is -1.94. The molecule has 68 valence electrons. The first-order chi connectivity index (χ1) is 6.33. The lowest BCUT2D eigenvalue weighted by atomic mass is 10.3. The van der Waals surface area contributed by atoms with Crippen molar-refractivity contribution in [3.63, 3.8) is 0 Å². The van der Waals surface area contributed by atoms with Crippen LogP contribution in [-0.4, -0.2) is 18.8 Å². The van der Waals surface area contributed by atoms with Crippen molar-refractivity contribution in [3.8, 4) is 5.75 Å². The molecule has 1 aromatic rings. The SMILES string of the molecule is O=CC[P+](=O)COc1ccccc1. The van der Waals surface area contributed by atoms with Crippen LogP contribution >= 0.6 is 7.80 Å². The van der Waals surface area contributed by atoms with Gasteiger partial charge in [-0.15, -0.1) is 0 Å². The summed E-state index contributed by atoms with van der Waals surface area (Å²) in [5.74, 6) is 0.678. The summed E-state index contributed by atoms with van der Waals surface area (Å²) in [5.41, 5.74) is 0. The normalized spacial score (nSPS) is 10.6. The van der Waals surface area contributed by atoms with Crippen molar-refractivity contribution in [2.24, 2.45) is 0 Å². The highest BCUT2D eigenvalue weighted by Gasteiger charge is 2.14. The van der Waals surface area contributed by atoms with Gasteiger partial charge < -0.3 is 4.74 Å². The van der Waals surface area contributed by atoms with Crippen LogP contribution in [-0.2, 0) is 9.36 Å². The van der Waals surface area contributed by atoms with Gasteiger partial charge in [-0.2, -0.15) is 0 Å². The van der Waals surface area contributed by atoms with Crippen LogP contribution in [0.3, 0.4) is 0 Å². The van der Waals surface area contributed by atoms with Gasteiger partial charge in [-0.25, -0.2) is 0 Å². The number of rotatable bonds is 5. The summed E-state index contributed by atoms with van der Waals surface area (Å²) in [6, 6.07) is 9.11. The molecular weight excluding hydrogens is 187 g/mol. The van der Waals surface area contributed by atoms with Crippen LogP contribution in [0, 0.1) is 0 Å². The maximum atomic E-state index is 11.0. The van der Waals surface area contributed by atoms with E-state index >= 15 is 0 Å². The monoisotopic (exact) mass is 197 g/mol. The Bertz CT molecular complexity index is 284. The Morgan fingerprint density at radius 1 is 1.31 bits per heavy atom. The average molecular weight is 197 g/mol. The van der Waals surface area contributed by atoms with E-state index in [1.165, 1.54) is 0 Å². The molecule has 0 heterocycles. The van der Waals surface area contributed by atoms with Gasteiger partial charge in [0.25, 0.3) is 6.35 Å². The highest BCUT2D eigenvalue weighted by atomic mass is 31.1. The first-order valence-electron chi connectivity index (χ1n) is 3.86. The standard InChI is InChI=1S/C9H10O3P/c10-6-7-13(11)8-12-9-4-2-1-3-5-9/h1-6H,7-8H2/q+1. The van der Waals surface area contributed by atoms with Crippen molar-refractivity contribution in [2.45, 2.75) is 0 Å². The molecule has 0 fully saturated rings. The zero-order chi connectivity index (χ0) is 9.52. The minimum atomic E-state index is -1.54. The number of hydrogen-bond donors (Lipinski definition) is 0. The smallest absolute Gasteiger partial charge is 0.387 e. The molecule has 1 aromatic carbocycles. The van der Waals surface area contributed by atoms with Crippen LogP contribution in [0.1, 0.15) is 0 Å². The molecule has 4 heteroatoms. The molecule has 0 N–H and O–H groups in total. The molecule has 0 amide bonds. The van der Waals surface area contributed by atoms with Gasteiger partial charge in [-0.1, -0.05) is 22.8 Å². The summed E-state index contributed by atoms with van der Waals surface area (Å²) in [4.78, 5) is 9.99. The average Bonchev–Trinajstić information content (AvgIpc) is 2.17. The minimum Gasteiger partial charge on any atom is -0.449 e. The van der Waals surface area contributed by atoms with Gasteiger partial charge in [0.15, 0.2) is 6.29 Å². The van der Waals surface area contributed by atoms with E-state index < -0.39 is 7.80 Å². The molecule has 0 saturated heterocycles. The Labute approximate surface area is 77.5 Å². The molecule has 0 radical (unpaired) electrons. The van der Waals surface area contributed by atoms with Crippen molar-refractivity contribution in [1.29, 1.82) is 0 Å². The molecule has 0 aliphatic heterocycles. The largest absolute Gasteiger partial charge is 0.449 e. The topological polar surface area (TPSA) is 43.4 Å². The van der Waals surface area contributed by atoms with Gasteiger partial charge in [0.1, 0.15) is 5.75 Å². The fourth-order valence-electron chi connectivity index (χ4n) is 0.799. The number of benzene rings is 1. The molecule has 0 aromatic heterocycles. The van der Waals surface area contributed by atoms with Crippen LogP contribution in [0.5, 0.6) is 5.75 Å². The number of ether oxygens (including phenoxy) is 1. The number of hydrogen-bond acceptors (Lipinski definition) is 3. The van der Waals surface area contributed by atoms with Crippen LogP contribution in [0.4, 0.5) is 0 Å². The zero-order valence-electron chi connectivity index (χ0n) is 7.05. The number of carbonyl (C=O) groups excluding carboxylic acids is 1. The predicted molar refractivity (Wildman–Crippen MR) is 50.5 cm³/mol. The van der Waals surface area contributed by atoms with E-state index in [1.807, 2.05) is 18.2 Å². The molecule has 1 rings (SSSR count). The quantitative estimate of drug-likeness (QED) is 0.536. The van der Waals surface area contributed by atoms with Gasteiger partial charge in [-0.05, 0) is 12.1 Å². The van der Waals surface area contributed by atoms with Crippen LogP contribution in [0.2, 0.25) is 0 Å². The first kappa shape index (κ1) is 9.87. The maximum absolute atomic E-state index is 11.0. The van der Waals surface area contributed by atoms with Gasteiger partial charge in [0, 0.05) is 0 Å². The van der Waals surface area contributed by atoms with Crippen molar-refractivity contribution in [1.82, 2.24) is 0 Å². The van der Waals surface area contributed by atoms with Gasteiger partial charge >= 0.3 is 7.80 Å². The molecule has 0 spiro atoms. The highest BCUT2D eigenvalue weighted by Crippen LogP contribution is 2.20. The molecule has 0 bridgehead atoms. The van der Waals surface area contributed by atoms with E-state index in [0.29, 0.717) is 12.0 Å². The van der Waals surface area contributed by atoms with Crippen molar-refractivity contribution in [3.05, 3.63) is 30.3 Å². The summed E-state index contributed by atoms with van der Waals surface area (Å²) in [6.45, 7) is 0. The maximum Gasteiger partial charge on any atom is 0.387 e. The molecule has 13 heavy (non-hydrogen) atoms. The zero-order valence-corrected chi connectivity index (χ0v) is 7.94. The molecular formula is C9H10O3P+. The van der Waals surface area contributed by atoms with E-state index in [4.69, 9.17) is 4.74 Å². The van der Waals surface area contributed by atoms with Crippen molar-refractivity contribution >= 4 is 14.1 Å². The molecule has 1 unspecified atom stereocenters. The molecule has 3 nitrogen and oxygen atoms in total. The van der Waals surface area contributed by atoms with Crippen LogP contribution in [0.15, 0.2) is 30.3 Å². The molecule has 1 atom stereocenters. The predicted octanol–water partition coefficient (Wildman–Crippen LogP) is 2.05. The molecule has 0 aliphatic rings. The Morgan fingerprint density at radius 3 is 2.62 bits per heavy atom. The lowest BCUT2D eigenvalue weighted by molar-refractivity contribution is -0.105. The van der Waals surface area contributed by atoms with Gasteiger partial charge in [0.05, 0.1) is 0 Å². The van der Waals surface area contributed by atoms with E-state index in [1.54, 1.807) is 12.1 Å². The van der Waals surface area contributed by atoms with Crippen molar-refractivity contribution in [2.75, 3.05) is 12.5 Å². The Kier molecular flexibility index (Phi) is 4.13. The third-order valence-electron chi connectivity index (χ3n) is 1.40. The third-order valence-corrected chi connectivity index (χ3v) is 2.37. The minimum absolute atomic E-state index is 0.0716. The Morgan fingerprint density at radius 2 is 2.00 bits per heavy atom. The van der Waals surface area contributed by atoms with E-state index in [2.05, 4.69) is 0 Å². The highest BCUT2D eigenvalue weighted by molar-refractivity contribution is 7.45. The second-order valence-electron chi connectivity index (χ2n) is 2.42. The Balaban J connectivity index is 2.35. The van der Waals surface area contributed by atoms with Gasteiger partial charge in [-0.3, -0.25) is 4.79 Å². The van der Waals surface area contributed by atoms with Crippen LogP contribution < -0.4 is 4.74 Å². The van der Waals surface area contributed by atoms with Gasteiger partial charge in [0.2, 0.25) is 6.16 Å². The number of para-hydroxylation sites is 1. The second-order valence-corrected chi connectivity index (χ2v) is 4.00. The summed E-state index contributed by atoms with van der Waals surface area (Å²) >= 11 is 0. The van der Waals surface area contributed by atoms with Crippen LogP contribution in [0.25, 0.3) is 0 Å². The summed E-state index contributed by atoms with van der Waals surface area (Å²) < 4.78 is 16.2. The van der Waals surface area contributed by atoms with Crippen molar-refractivity contribution < 1.29 is 14.1 Å². The second kappa shape index (κ2) is 5.44. The Hall–Kier alpha value is -1.21. The summed E-state index contributed by atoms with van der Waals surface area (Å²) in [7, 11) is -1.54. The summed E-state index contributed by atoms with van der Waals surface area (Å²) in [6.07, 6.45) is 0.827. The number of aldehydes is 1.